The number of carbonyl (C=O) groups excluding carboxylic acids is 2. The van der Waals surface area contributed by atoms with Crippen molar-refractivity contribution in [3.63, 3.8) is 0 Å². The maximum absolute atomic E-state index is 13.0. The summed E-state index contributed by atoms with van der Waals surface area (Å²) in [5.41, 5.74) is 0.735. The lowest BCUT2D eigenvalue weighted by molar-refractivity contribution is -0.114. The van der Waals surface area contributed by atoms with Gasteiger partial charge in [0.2, 0.25) is 5.91 Å². The molecule has 1 heterocycles. The first-order valence-corrected chi connectivity index (χ1v) is 5.85. The molecule has 2 rings (SSSR count). The molecule has 2 amide bonds. The van der Waals surface area contributed by atoms with Gasteiger partial charge in [0.05, 0.1) is 11.9 Å². The number of amides is 2. The number of anilines is 2. The molecule has 2 aromatic rings. The third kappa shape index (κ3) is 3.61. The van der Waals surface area contributed by atoms with Crippen LogP contribution in [0.2, 0.25) is 0 Å². The summed E-state index contributed by atoms with van der Waals surface area (Å²) in [6.45, 7) is 1.39. The van der Waals surface area contributed by atoms with Gasteiger partial charge in [-0.05, 0) is 30.3 Å². The lowest BCUT2D eigenvalue weighted by Gasteiger charge is -2.06. The van der Waals surface area contributed by atoms with Crippen LogP contribution in [0, 0.1) is 5.82 Å². The molecule has 2 N–H and O–H groups in total. The minimum atomic E-state index is -0.480. The zero-order valence-electron chi connectivity index (χ0n) is 10.7. The molecule has 6 heteroatoms. The minimum absolute atomic E-state index is 0.205. The van der Waals surface area contributed by atoms with E-state index in [0.717, 1.165) is 6.07 Å². The van der Waals surface area contributed by atoms with E-state index in [4.69, 9.17) is 0 Å². The van der Waals surface area contributed by atoms with Crippen LogP contribution in [0.4, 0.5) is 15.9 Å². The Hall–Kier alpha value is -2.76. The van der Waals surface area contributed by atoms with Crippen LogP contribution in [-0.2, 0) is 4.79 Å². The smallest absolute Gasteiger partial charge is 0.256 e. The van der Waals surface area contributed by atoms with Crippen LogP contribution in [0.5, 0.6) is 0 Å². The standard InChI is InChI=1S/C14H12FN3O2/c1-9(19)17-12-5-6-13(16-8-12)18-14(20)10-3-2-4-11(15)7-10/h2-8H,1H3,(H,17,19)(H,16,18,20). The van der Waals surface area contributed by atoms with Crippen LogP contribution in [0.15, 0.2) is 42.6 Å². The average molecular weight is 273 g/mol. The summed E-state index contributed by atoms with van der Waals surface area (Å²) in [7, 11) is 0. The Bertz CT molecular complexity index is 641. The third-order valence-corrected chi connectivity index (χ3v) is 2.41. The summed E-state index contributed by atoms with van der Waals surface area (Å²) in [4.78, 5) is 26.7. The van der Waals surface area contributed by atoms with Gasteiger partial charge in [-0.3, -0.25) is 9.59 Å². The molecule has 0 aliphatic rings. The Balaban J connectivity index is 2.06. The van der Waals surface area contributed by atoms with Gasteiger partial charge >= 0.3 is 0 Å². The van der Waals surface area contributed by atoms with Crippen molar-refractivity contribution in [2.24, 2.45) is 0 Å². The van der Waals surface area contributed by atoms with Crippen LogP contribution in [-0.4, -0.2) is 16.8 Å². The van der Waals surface area contributed by atoms with E-state index in [-0.39, 0.29) is 11.5 Å². The number of benzene rings is 1. The van der Waals surface area contributed by atoms with Crippen LogP contribution >= 0.6 is 0 Å². The van der Waals surface area contributed by atoms with Crippen LogP contribution in [0.3, 0.4) is 0 Å². The highest BCUT2D eigenvalue weighted by atomic mass is 19.1. The lowest BCUT2D eigenvalue weighted by Crippen LogP contribution is -2.13. The van der Waals surface area contributed by atoms with Crippen LogP contribution in [0.25, 0.3) is 0 Å². The number of aromatic nitrogens is 1. The Morgan fingerprint density at radius 3 is 2.55 bits per heavy atom. The van der Waals surface area contributed by atoms with Crippen molar-refractivity contribution >= 4 is 23.3 Å². The zero-order valence-corrected chi connectivity index (χ0v) is 10.7. The first-order chi connectivity index (χ1) is 9.54. The number of rotatable bonds is 3. The maximum Gasteiger partial charge on any atom is 0.256 e. The molecule has 1 aromatic carbocycles. The van der Waals surface area contributed by atoms with Gasteiger partial charge in [0, 0.05) is 12.5 Å². The summed E-state index contributed by atoms with van der Waals surface area (Å²) in [5, 5.41) is 5.10. The van der Waals surface area contributed by atoms with E-state index in [1.807, 2.05) is 0 Å². The molecular weight excluding hydrogens is 261 g/mol. The Labute approximate surface area is 114 Å². The van der Waals surface area contributed by atoms with Crippen molar-refractivity contribution in [3.8, 4) is 0 Å². The molecule has 0 atom stereocenters. The van der Waals surface area contributed by atoms with Gasteiger partial charge < -0.3 is 10.6 Å². The van der Waals surface area contributed by atoms with Gasteiger partial charge in [0.25, 0.3) is 5.91 Å². The van der Waals surface area contributed by atoms with Crippen molar-refractivity contribution in [1.29, 1.82) is 0 Å². The molecule has 0 unspecified atom stereocenters. The zero-order chi connectivity index (χ0) is 14.5. The number of carbonyl (C=O) groups is 2. The quantitative estimate of drug-likeness (QED) is 0.902. The summed E-state index contributed by atoms with van der Waals surface area (Å²) >= 11 is 0. The molecule has 0 radical (unpaired) electrons. The molecule has 0 spiro atoms. The third-order valence-electron chi connectivity index (χ3n) is 2.41. The van der Waals surface area contributed by atoms with Crippen LogP contribution < -0.4 is 10.6 Å². The largest absolute Gasteiger partial charge is 0.325 e. The fourth-order valence-corrected chi connectivity index (χ4v) is 1.56. The van der Waals surface area contributed by atoms with Gasteiger partial charge in [-0.2, -0.15) is 0 Å². The fraction of sp³-hybridized carbons (Fsp3) is 0.0714. The van der Waals surface area contributed by atoms with Gasteiger partial charge in [0.15, 0.2) is 0 Å². The van der Waals surface area contributed by atoms with Gasteiger partial charge in [-0.25, -0.2) is 9.37 Å². The number of nitrogens with one attached hydrogen (secondary N) is 2. The normalized spacial score (nSPS) is 9.90. The van der Waals surface area contributed by atoms with E-state index in [1.165, 1.54) is 31.3 Å². The number of pyridine rings is 1. The highest BCUT2D eigenvalue weighted by Crippen LogP contribution is 2.11. The molecule has 0 saturated carbocycles. The summed E-state index contributed by atoms with van der Waals surface area (Å²) in [5.74, 6) is -0.826. The molecular formula is C14H12FN3O2. The topological polar surface area (TPSA) is 71.1 Å². The second-order valence-electron chi connectivity index (χ2n) is 4.08. The number of hydrogen-bond acceptors (Lipinski definition) is 3. The lowest BCUT2D eigenvalue weighted by atomic mass is 10.2. The van der Waals surface area contributed by atoms with E-state index < -0.39 is 11.7 Å². The molecule has 0 saturated heterocycles. The number of halogens is 1. The van der Waals surface area contributed by atoms with E-state index >= 15 is 0 Å². The molecule has 0 bridgehead atoms. The Morgan fingerprint density at radius 1 is 1.15 bits per heavy atom. The second kappa shape index (κ2) is 5.92. The SMILES string of the molecule is CC(=O)Nc1ccc(NC(=O)c2cccc(F)c2)nc1. The van der Waals surface area contributed by atoms with Crippen LogP contribution in [0.1, 0.15) is 17.3 Å². The number of nitrogens with zero attached hydrogens (tertiary/aromatic N) is 1. The van der Waals surface area contributed by atoms with E-state index in [0.29, 0.717) is 11.5 Å². The molecule has 1 aromatic heterocycles. The van der Waals surface area contributed by atoms with Crippen molar-refractivity contribution in [3.05, 3.63) is 54.0 Å². The minimum Gasteiger partial charge on any atom is -0.325 e. The van der Waals surface area contributed by atoms with E-state index in [1.54, 1.807) is 12.1 Å². The maximum atomic E-state index is 13.0. The fourth-order valence-electron chi connectivity index (χ4n) is 1.56. The van der Waals surface area contributed by atoms with Gasteiger partial charge in [0.1, 0.15) is 11.6 Å². The van der Waals surface area contributed by atoms with Crippen molar-refractivity contribution in [2.45, 2.75) is 6.92 Å². The molecule has 5 nitrogen and oxygen atoms in total. The Kier molecular flexibility index (Phi) is 4.05. The molecule has 0 aliphatic carbocycles. The van der Waals surface area contributed by atoms with Crippen molar-refractivity contribution in [2.75, 3.05) is 10.6 Å². The van der Waals surface area contributed by atoms with Gasteiger partial charge in [-0.15, -0.1) is 0 Å². The molecule has 0 fully saturated rings. The average Bonchev–Trinajstić information content (AvgIpc) is 2.40. The Morgan fingerprint density at radius 2 is 1.95 bits per heavy atom. The van der Waals surface area contributed by atoms with Crippen molar-refractivity contribution in [1.82, 2.24) is 4.98 Å². The highest BCUT2D eigenvalue weighted by molar-refractivity contribution is 6.03. The first-order valence-electron chi connectivity index (χ1n) is 5.85. The monoisotopic (exact) mass is 273 g/mol. The summed E-state index contributed by atoms with van der Waals surface area (Å²) < 4.78 is 13.0. The molecule has 20 heavy (non-hydrogen) atoms. The molecule has 102 valence electrons. The predicted octanol–water partition coefficient (Wildman–Crippen LogP) is 2.43. The predicted molar refractivity (Wildman–Crippen MR) is 72.9 cm³/mol. The van der Waals surface area contributed by atoms with E-state index in [2.05, 4.69) is 15.6 Å². The van der Waals surface area contributed by atoms with Gasteiger partial charge in [-0.1, -0.05) is 6.07 Å². The van der Waals surface area contributed by atoms with Crippen molar-refractivity contribution < 1.29 is 14.0 Å². The summed E-state index contributed by atoms with van der Waals surface area (Å²) in [6, 6.07) is 8.51. The summed E-state index contributed by atoms with van der Waals surface area (Å²) in [6.07, 6.45) is 1.42. The first kappa shape index (κ1) is 13.7. The van der Waals surface area contributed by atoms with E-state index in [9.17, 15) is 14.0 Å². The molecule has 0 aliphatic heterocycles. The number of hydrogen-bond donors (Lipinski definition) is 2. The highest BCUT2D eigenvalue weighted by Gasteiger charge is 2.07. The second-order valence-corrected chi connectivity index (χ2v) is 4.08.